The number of imidazole rings is 1. The van der Waals surface area contributed by atoms with E-state index in [-0.39, 0.29) is 12.5 Å². The summed E-state index contributed by atoms with van der Waals surface area (Å²) in [5.74, 6) is 0.502. The lowest BCUT2D eigenvalue weighted by Crippen LogP contribution is -2.49. The molecule has 220 valence electrons. The molecule has 6 rings (SSSR count). The molecule has 1 saturated heterocycles. The Balaban J connectivity index is 1.22. The smallest absolute Gasteiger partial charge is 0.416 e. The molecule has 10 heteroatoms. The van der Waals surface area contributed by atoms with Crippen molar-refractivity contribution in [2.75, 3.05) is 32.8 Å². The van der Waals surface area contributed by atoms with E-state index in [0.29, 0.717) is 60.3 Å². The Morgan fingerprint density at radius 3 is 2.28 bits per heavy atom. The molecule has 0 aliphatic carbocycles. The number of hydrogen-bond donors (Lipinski definition) is 0. The van der Waals surface area contributed by atoms with Crippen LogP contribution in [-0.4, -0.2) is 57.9 Å². The van der Waals surface area contributed by atoms with Gasteiger partial charge in [0.15, 0.2) is 6.61 Å². The van der Waals surface area contributed by atoms with Gasteiger partial charge in [-0.3, -0.25) is 9.69 Å². The van der Waals surface area contributed by atoms with Gasteiger partial charge in [-0.25, -0.2) is 4.98 Å². The Labute approximate surface area is 251 Å². The van der Waals surface area contributed by atoms with Gasteiger partial charge in [0.2, 0.25) is 0 Å². The molecule has 5 aromatic rings. The summed E-state index contributed by atoms with van der Waals surface area (Å²) in [5, 5.41) is 0.600. The van der Waals surface area contributed by atoms with Crippen LogP contribution in [0.5, 0.6) is 5.75 Å². The number of rotatable bonds is 7. The van der Waals surface area contributed by atoms with E-state index >= 15 is 0 Å². The molecule has 0 radical (unpaired) electrons. The van der Waals surface area contributed by atoms with Crippen LogP contribution in [0.1, 0.15) is 11.3 Å². The fourth-order valence-electron chi connectivity index (χ4n) is 5.25. The zero-order chi connectivity index (χ0) is 30.0. The number of alkyl halides is 3. The summed E-state index contributed by atoms with van der Waals surface area (Å²) in [6.45, 7) is 2.92. The van der Waals surface area contributed by atoms with Gasteiger partial charge in [-0.1, -0.05) is 54.1 Å². The number of nitrogens with zero attached hydrogens (tertiary/aromatic N) is 4. The predicted molar refractivity (Wildman–Crippen MR) is 160 cm³/mol. The Morgan fingerprint density at radius 1 is 0.837 bits per heavy atom. The Morgan fingerprint density at radius 2 is 1.56 bits per heavy atom. The van der Waals surface area contributed by atoms with Crippen LogP contribution < -0.4 is 4.74 Å². The molecule has 6 nitrogen and oxygen atoms in total. The van der Waals surface area contributed by atoms with Crippen LogP contribution in [0.2, 0.25) is 5.02 Å². The second kappa shape index (κ2) is 12.1. The SMILES string of the molecule is O=C(COc1ccc(Cl)cc1)N1CCN(Cc2c(-c3ccccc3)nc3ccc(-c4cccc(C(F)(F)F)c4)cn23)CC1. The lowest BCUT2D eigenvalue weighted by Gasteiger charge is -2.34. The summed E-state index contributed by atoms with van der Waals surface area (Å²) in [7, 11) is 0. The predicted octanol–water partition coefficient (Wildman–Crippen LogP) is 7.06. The van der Waals surface area contributed by atoms with Crippen molar-refractivity contribution in [2.45, 2.75) is 12.7 Å². The van der Waals surface area contributed by atoms with Crippen LogP contribution >= 0.6 is 11.6 Å². The van der Waals surface area contributed by atoms with Crippen molar-refractivity contribution in [1.29, 1.82) is 0 Å². The summed E-state index contributed by atoms with van der Waals surface area (Å²) in [5.41, 5.74) is 3.86. The van der Waals surface area contributed by atoms with Crippen molar-refractivity contribution in [3.63, 3.8) is 0 Å². The maximum atomic E-state index is 13.4. The van der Waals surface area contributed by atoms with E-state index in [1.165, 1.54) is 12.1 Å². The normalized spacial score (nSPS) is 14.3. The minimum atomic E-state index is -4.42. The quantitative estimate of drug-likeness (QED) is 0.200. The van der Waals surface area contributed by atoms with E-state index in [9.17, 15) is 18.0 Å². The Bertz CT molecular complexity index is 1730. The highest BCUT2D eigenvalue weighted by molar-refractivity contribution is 6.30. The fourth-order valence-corrected chi connectivity index (χ4v) is 5.38. The third-order valence-electron chi connectivity index (χ3n) is 7.56. The van der Waals surface area contributed by atoms with Crippen molar-refractivity contribution in [3.05, 3.63) is 113 Å². The minimum absolute atomic E-state index is 0.0502. The van der Waals surface area contributed by atoms with Crippen molar-refractivity contribution < 1.29 is 22.7 Å². The summed E-state index contributed by atoms with van der Waals surface area (Å²) >= 11 is 5.92. The van der Waals surface area contributed by atoms with Gasteiger partial charge in [0.05, 0.1) is 17.0 Å². The van der Waals surface area contributed by atoms with Gasteiger partial charge in [0, 0.05) is 49.5 Å². The molecule has 1 amide bonds. The highest BCUT2D eigenvalue weighted by Gasteiger charge is 2.30. The summed E-state index contributed by atoms with van der Waals surface area (Å²) < 4.78 is 47.8. The molecule has 0 bridgehead atoms. The van der Waals surface area contributed by atoms with Crippen LogP contribution in [0, 0.1) is 0 Å². The number of benzene rings is 3. The van der Waals surface area contributed by atoms with E-state index in [1.54, 1.807) is 41.3 Å². The first-order valence-electron chi connectivity index (χ1n) is 13.9. The van der Waals surface area contributed by atoms with Crippen LogP contribution in [-0.2, 0) is 17.5 Å². The molecule has 3 heterocycles. The van der Waals surface area contributed by atoms with E-state index in [1.807, 2.05) is 47.0 Å². The van der Waals surface area contributed by atoms with Crippen LogP contribution in [0.15, 0.2) is 97.2 Å². The average Bonchev–Trinajstić information content (AvgIpc) is 3.38. The largest absolute Gasteiger partial charge is 0.484 e. The number of fused-ring (bicyclic) bond motifs is 1. The molecule has 0 unspecified atom stereocenters. The van der Waals surface area contributed by atoms with E-state index in [4.69, 9.17) is 21.3 Å². The van der Waals surface area contributed by atoms with E-state index in [2.05, 4.69) is 4.90 Å². The second-order valence-electron chi connectivity index (χ2n) is 10.4. The molecule has 3 aromatic carbocycles. The Kier molecular flexibility index (Phi) is 8.10. The third-order valence-corrected chi connectivity index (χ3v) is 7.81. The van der Waals surface area contributed by atoms with Gasteiger partial charge in [-0.2, -0.15) is 13.2 Å². The highest BCUT2D eigenvalue weighted by atomic mass is 35.5. The monoisotopic (exact) mass is 604 g/mol. The fraction of sp³-hybridized carbons (Fsp3) is 0.212. The number of pyridine rings is 1. The molecule has 0 saturated carbocycles. The van der Waals surface area contributed by atoms with E-state index in [0.717, 1.165) is 23.0 Å². The van der Waals surface area contributed by atoms with Gasteiger partial charge in [-0.15, -0.1) is 0 Å². The van der Waals surface area contributed by atoms with Crippen LogP contribution in [0.4, 0.5) is 13.2 Å². The van der Waals surface area contributed by atoms with Crippen LogP contribution in [0.25, 0.3) is 28.0 Å². The van der Waals surface area contributed by atoms with Crippen molar-refractivity contribution in [3.8, 4) is 28.1 Å². The number of halogens is 4. The number of aromatic nitrogens is 2. The number of piperazine rings is 1. The van der Waals surface area contributed by atoms with Gasteiger partial charge in [-0.05, 0) is 59.7 Å². The average molecular weight is 605 g/mol. The highest BCUT2D eigenvalue weighted by Crippen LogP contribution is 2.33. The first kappa shape index (κ1) is 28.8. The van der Waals surface area contributed by atoms with E-state index < -0.39 is 11.7 Å². The lowest BCUT2D eigenvalue weighted by atomic mass is 10.0. The molecule has 0 spiro atoms. The number of ether oxygens (including phenoxy) is 1. The molecule has 1 fully saturated rings. The number of carbonyl (C=O) groups excluding carboxylic acids is 1. The number of hydrogen-bond acceptors (Lipinski definition) is 4. The zero-order valence-corrected chi connectivity index (χ0v) is 23.9. The molecular weight excluding hydrogens is 577 g/mol. The summed E-state index contributed by atoms with van der Waals surface area (Å²) in [4.78, 5) is 21.8. The van der Waals surface area contributed by atoms with Gasteiger partial charge < -0.3 is 14.0 Å². The topological polar surface area (TPSA) is 50.1 Å². The lowest BCUT2D eigenvalue weighted by molar-refractivity contribution is -0.137. The Hall–Kier alpha value is -4.34. The van der Waals surface area contributed by atoms with Crippen LogP contribution in [0.3, 0.4) is 0 Å². The van der Waals surface area contributed by atoms with Gasteiger partial charge in [0.25, 0.3) is 5.91 Å². The number of amides is 1. The molecule has 2 aromatic heterocycles. The number of carbonyl (C=O) groups is 1. The first-order chi connectivity index (χ1) is 20.7. The molecule has 0 atom stereocenters. The molecule has 1 aliphatic rings. The van der Waals surface area contributed by atoms with Gasteiger partial charge >= 0.3 is 6.18 Å². The second-order valence-corrected chi connectivity index (χ2v) is 10.8. The molecule has 43 heavy (non-hydrogen) atoms. The van der Waals surface area contributed by atoms with Crippen molar-refractivity contribution in [1.82, 2.24) is 19.2 Å². The van der Waals surface area contributed by atoms with Crippen molar-refractivity contribution in [2.24, 2.45) is 0 Å². The molecule has 1 aliphatic heterocycles. The summed E-state index contributed by atoms with van der Waals surface area (Å²) in [6, 6.07) is 25.7. The maximum Gasteiger partial charge on any atom is 0.416 e. The minimum Gasteiger partial charge on any atom is -0.484 e. The molecular formula is C33H28ClF3N4O2. The summed E-state index contributed by atoms with van der Waals surface area (Å²) in [6.07, 6.45) is -2.57. The van der Waals surface area contributed by atoms with Gasteiger partial charge in [0.1, 0.15) is 11.4 Å². The molecule has 0 N–H and O–H groups in total. The third kappa shape index (κ3) is 6.53. The first-order valence-corrected chi connectivity index (χ1v) is 14.2. The standard InChI is InChI=1S/C33H28ClF3N4O2/c34-27-10-12-28(13-11-27)43-22-31(42)40-17-15-39(16-18-40)21-29-32(23-5-2-1-3-6-23)38-30-14-9-25(20-41(29)30)24-7-4-8-26(19-24)33(35,36)37/h1-14,19-20H,15-18,21-22H2. The van der Waals surface area contributed by atoms with Crippen molar-refractivity contribution >= 4 is 23.2 Å². The zero-order valence-electron chi connectivity index (χ0n) is 23.1. The maximum absolute atomic E-state index is 13.4.